The number of likely N-dealkylation sites (tertiary alicyclic amines) is 1. The van der Waals surface area contributed by atoms with Gasteiger partial charge in [0.05, 0.1) is 19.8 Å². The maximum Gasteiger partial charge on any atom is 0.343 e. The van der Waals surface area contributed by atoms with E-state index in [-0.39, 0.29) is 17.4 Å². The standard InChI is InChI=1S/C26H31NO4/c1-17-7-6-8-21(18(17)2)25(28)31-20-11-12-26(13-14-27(3)24(26)16-20)19-9-10-22(29-4)23(15-19)30-5/h6-11,15,24H,12-14,16H2,1-5H3. The van der Waals surface area contributed by atoms with Crippen molar-refractivity contribution in [2.24, 2.45) is 0 Å². The Bertz CT molecular complexity index is 1030. The van der Waals surface area contributed by atoms with Gasteiger partial charge in [-0.2, -0.15) is 0 Å². The first-order valence-electron chi connectivity index (χ1n) is 10.8. The molecule has 31 heavy (non-hydrogen) atoms. The number of rotatable bonds is 5. The number of esters is 1. The van der Waals surface area contributed by atoms with Crippen LogP contribution in [0.1, 0.15) is 46.3 Å². The molecule has 0 amide bonds. The molecule has 1 fully saturated rings. The molecule has 2 aromatic rings. The zero-order chi connectivity index (χ0) is 22.2. The minimum atomic E-state index is -0.272. The van der Waals surface area contributed by atoms with E-state index in [0.717, 1.165) is 47.8 Å². The van der Waals surface area contributed by atoms with E-state index in [1.54, 1.807) is 14.2 Å². The number of hydrogen-bond acceptors (Lipinski definition) is 5. The lowest BCUT2D eigenvalue weighted by Gasteiger charge is -2.40. The van der Waals surface area contributed by atoms with E-state index < -0.39 is 0 Å². The summed E-state index contributed by atoms with van der Waals surface area (Å²) in [6.45, 7) is 4.98. The summed E-state index contributed by atoms with van der Waals surface area (Å²) >= 11 is 0. The minimum absolute atomic E-state index is 0.0243. The van der Waals surface area contributed by atoms with Crippen LogP contribution in [-0.2, 0) is 10.2 Å². The number of ether oxygens (including phenoxy) is 3. The van der Waals surface area contributed by atoms with Crippen LogP contribution in [0, 0.1) is 13.8 Å². The third-order valence-corrected chi connectivity index (χ3v) is 7.18. The van der Waals surface area contributed by atoms with E-state index in [2.05, 4.69) is 30.2 Å². The van der Waals surface area contributed by atoms with Crippen molar-refractivity contribution in [3.8, 4) is 11.5 Å². The third-order valence-electron chi connectivity index (χ3n) is 7.18. The molecule has 1 aliphatic carbocycles. The fourth-order valence-corrected chi connectivity index (χ4v) is 5.11. The summed E-state index contributed by atoms with van der Waals surface area (Å²) in [5, 5.41) is 0. The van der Waals surface area contributed by atoms with Crippen molar-refractivity contribution in [1.29, 1.82) is 0 Å². The van der Waals surface area contributed by atoms with Crippen molar-refractivity contribution in [3.63, 3.8) is 0 Å². The molecule has 1 heterocycles. The number of benzene rings is 2. The van der Waals surface area contributed by atoms with Gasteiger partial charge in [0.25, 0.3) is 0 Å². The molecule has 0 aromatic heterocycles. The van der Waals surface area contributed by atoms with Crippen LogP contribution < -0.4 is 9.47 Å². The SMILES string of the molecule is COc1ccc(C23CC=C(OC(=O)c4cccc(C)c4C)CC2N(C)CC3)cc1OC. The van der Waals surface area contributed by atoms with Crippen molar-refractivity contribution in [1.82, 2.24) is 4.90 Å². The van der Waals surface area contributed by atoms with Gasteiger partial charge in [0.15, 0.2) is 11.5 Å². The van der Waals surface area contributed by atoms with Crippen molar-refractivity contribution in [2.75, 3.05) is 27.8 Å². The normalized spacial score (nSPS) is 23.1. The van der Waals surface area contributed by atoms with Crippen LogP contribution in [0.2, 0.25) is 0 Å². The number of hydrogen-bond donors (Lipinski definition) is 0. The van der Waals surface area contributed by atoms with E-state index in [4.69, 9.17) is 14.2 Å². The summed E-state index contributed by atoms with van der Waals surface area (Å²) in [6, 6.07) is 12.2. The summed E-state index contributed by atoms with van der Waals surface area (Å²) in [7, 11) is 5.48. The van der Waals surface area contributed by atoms with Gasteiger partial charge in [-0.05, 0) is 81.2 Å². The van der Waals surface area contributed by atoms with Gasteiger partial charge in [0.2, 0.25) is 0 Å². The second-order valence-corrected chi connectivity index (χ2v) is 8.69. The summed E-state index contributed by atoms with van der Waals surface area (Å²) in [6.07, 6.45) is 4.70. The average Bonchev–Trinajstić information content (AvgIpc) is 3.12. The van der Waals surface area contributed by atoms with E-state index in [1.165, 1.54) is 5.56 Å². The molecule has 0 saturated carbocycles. The Morgan fingerprint density at radius 2 is 1.87 bits per heavy atom. The molecule has 0 radical (unpaired) electrons. The Morgan fingerprint density at radius 1 is 1.10 bits per heavy atom. The number of allylic oxidation sites excluding steroid dienone is 1. The highest BCUT2D eigenvalue weighted by molar-refractivity contribution is 5.92. The molecule has 5 nitrogen and oxygen atoms in total. The highest BCUT2D eigenvalue weighted by atomic mass is 16.5. The lowest BCUT2D eigenvalue weighted by atomic mass is 9.68. The largest absolute Gasteiger partial charge is 0.493 e. The van der Waals surface area contributed by atoms with Crippen molar-refractivity contribution in [3.05, 3.63) is 70.5 Å². The van der Waals surface area contributed by atoms with Gasteiger partial charge in [0, 0.05) is 17.9 Å². The number of aryl methyl sites for hydroxylation is 1. The number of likely N-dealkylation sites (N-methyl/N-ethyl adjacent to an activating group) is 1. The maximum absolute atomic E-state index is 12.9. The van der Waals surface area contributed by atoms with E-state index in [9.17, 15) is 4.79 Å². The summed E-state index contributed by atoms with van der Waals surface area (Å²) in [4.78, 5) is 15.2. The summed E-state index contributed by atoms with van der Waals surface area (Å²) in [5.74, 6) is 1.98. The fourth-order valence-electron chi connectivity index (χ4n) is 5.11. The van der Waals surface area contributed by atoms with Gasteiger partial charge in [-0.3, -0.25) is 0 Å². The Labute approximate surface area is 184 Å². The molecule has 164 valence electrons. The molecule has 2 aliphatic rings. The topological polar surface area (TPSA) is 48.0 Å². The monoisotopic (exact) mass is 421 g/mol. The van der Waals surface area contributed by atoms with Gasteiger partial charge in [0.1, 0.15) is 5.76 Å². The molecule has 2 aromatic carbocycles. The molecule has 2 unspecified atom stereocenters. The number of carbonyl (C=O) groups is 1. The van der Waals surface area contributed by atoms with Crippen molar-refractivity contribution in [2.45, 2.75) is 44.6 Å². The van der Waals surface area contributed by atoms with Crippen molar-refractivity contribution < 1.29 is 19.0 Å². The van der Waals surface area contributed by atoms with E-state index >= 15 is 0 Å². The lowest BCUT2D eigenvalue weighted by Crippen LogP contribution is -2.43. The Morgan fingerprint density at radius 3 is 2.61 bits per heavy atom. The summed E-state index contributed by atoms with van der Waals surface area (Å²) in [5.41, 5.74) is 3.92. The van der Waals surface area contributed by atoms with Crippen molar-refractivity contribution >= 4 is 5.97 Å². The average molecular weight is 422 g/mol. The maximum atomic E-state index is 12.9. The molecule has 0 spiro atoms. The van der Waals surface area contributed by atoms with Crippen LogP contribution in [0.4, 0.5) is 0 Å². The first-order chi connectivity index (χ1) is 14.9. The molecule has 0 bridgehead atoms. The molecule has 4 rings (SSSR count). The highest BCUT2D eigenvalue weighted by Crippen LogP contribution is 2.49. The second kappa shape index (κ2) is 8.39. The summed E-state index contributed by atoms with van der Waals surface area (Å²) < 4.78 is 16.9. The van der Waals surface area contributed by atoms with Crippen LogP contribution in [0.5, 0.6) is 11.5 Å². The van der Waals surface area contributed by atoms with Gasteiger partial charge in [-0.25, -0.2) is 4.79 Å². The fraction of sp³-hybridized carbons (Fsp3) is 0.423. The van der Waals surface area contributed by atoms with E-state index in [1.807, 2.05) is 38.1 Å². The van der Waals surface area contributed by atoms with Crippen LogP contribution in [0.3, 0.4) is 0 Å². The molecule has 5 heteroatoms. The van der Waals surface area contributed by atoms with Gasteiger partial charge in [-0.15, -0.1) is 0 Å². The quantitative estimate of drug-likeness (QED) is 0.649. The first-order valence-corrected chi connectivity index (χ1v) is 10.8. The Balaban J connectivity index is 1.62. The van der Waals surface area contributed by atoms with Gasteiger partial charge < -0.3 is 19.1 Å². The predicted octanol–water partition coefficient (Wildman–Crippen LogP) is 4.80. The number of nitrogens with zero attached hydrogens (tertiary/aromatic N) is 1. The van der Waals surface area contributed by atoms with E-state index in [0.29, 0.717) is 12.0 Å². The highest BCUT2D eigenvalue weighted by Gasteiger charge is 2.49. The first kappa shape index (κ1) is 21.4. The van der Waals surface area contributed by atoms with Crippen LogP contribution in [0.25, 0.3) is 0 Å². The zero-order valence-corrected chi connectivity index (χ0v) is 19.0. The minimum Gasteiger partial charge on any atom is -0.493 e. The third kappa shape index (κ3) is 3.72. The Hall–Kier alpha value is -2.79. The van der Waals surface area contributed by atoms with Gasteiger partial charge in [-0.1, -0.05) is 18.2 Å². The lowest BCUT2D eigenvalue weighted by molar-refractivity contribution is 0.0579. The van der Waals surface area contributed by atoms with Crippen LogP contribution in [-0.4, -0.2) is 44.7 Å². The predicted molar refractivity (Wildman–Crippen MR) is 121 cm³/mol. The molecular weight excluding hydrogens is 390 g/mol. The molecule has 0 N–H and O–H groups in total. The second-order valence-electron chi connectivity index (χ2n) is 8.69. The number of fused-ring (bicyclic) bond motifs is 1. The van der Waals surface area contributed by atoms with Gasteiger partial charge >= 0.3 is 5.97 Å². The van der Waals surface area contributed by atoms with Crippen LogP contribution in [0.15, 0.2) is 48.2 Å². The smallest absolute Gasteiger partial charge is 0.343 e. The number of methoxy groups -OCH3 is 2. The molecular formula is C26H31NO4. The molecule has 1 saturated heterocycles. The van der Waals surface area contributed by atoms with Crippen LogP contribution >= 0.6 is 0 Å². The zero-order valence-electron chi connectivity index (χ0n) is 19.0. The molecule has 1 aliphatic heterocycles. The Kier molecular flexibility index (Phi) is 5.80. The number of carbonyl (C=O) groups excluding carboxylic acids is 1. The molecule has 2 atom stereocenters.